The second-order valence-electron chi connectivity index (χ2n) is 4.99. The van der Waals surface area contributed by atoms with Crippen LogP contribution in [0.1, 0.15) is 51.4 Å². The first-order chi connectivity index (χ1) is 6.84. The van der Waals surface area contributed by atoms with Gasteiger partial charge < -0.3 is 10.5 Å². The van der Waals surface area contributed by atoms with E-state index in [1.54, 1.807) is 0 Å². The maximum Gasteiger partial charge on any atom is 0.0576 e. The highest BCUT2D eigenvalue weighted by atomic mass is 16.5. The van der Waals surface area contributed by atoms with Gasteiger partial charge in [-0.1, -0.05) is 0 Å². The first-order valence-corrected chi connectivity index (χ1v) is 6.22. The molecular weight excluding hydrogens is 174 g/mol. The highest BCUT2D eigenvalue weighted by Gasteiger charge is 2.21. The Balaban J connectivity index is 1.60. The summed E-state index contributed by atoms with van der Waals surface area (Å²) >= 11 is 0. The fourth-order valence-corrected chi connectivity index (χ4v) is 2.77. The Morgan fingerprint density at radius 3 is 2.43 bits per heavy atom. The van der Waals surface area contributed by atoms with Crippen LogP contribution in [-0.2, 0) is 4.74 Å². The standard InChI is InChI=1S/C12H23NO/c13-11-6-3-10(4-7-11)5-8-12-2-1-9-14-12/h10-12H,1-9,13H2. The van der Waals surface area contributed by atoms with Crippen LogP contribution < -0.4 is 5.73 Å². The zero-order valence-corrected chi connectivity index (χ0v) is 9.08. The molecule has 1 heterocycles. The zero-order valence-electron chi connectivity index (χ0n) is 9.08. The molecule has 2 heteroatoms. The van der Waals surface area contributed by atoms with Gasteiger partial charge in [0.1, 0.15) is 0 Å². The Kier molecular flexibility index (Phi) is 3.82. The molecule has 2 nitrogen and oxygen atoms in total. The maximum atomic E-state index is 5.89. The van der Waals surface area contributed by atoms with Crippen molar-refractivity contribution in [1.29, 1.82) is 0 Å². The van der Waals surface area contributed by atoms with E-state index >= 15 is 0 Å². The van der Waals surface area contributed by atoms with Crippen molar-refractivity contribution in [3.8, 4) is 0 Å². The molecule has 1 atom stereocenters. The van der Waals surface area contributed by atoms with E-state index in [2.05, 4.69) is 0 Å². The van der Waals surface area contributed by atoms with E-state index < -0.39 is 0 Å². The normalized spacial score (nSPS) is 38.8. The molecule has 1 aliphatic heterocycles. The molecule has 2 aliphatic rings. The Labute approximate surface area is 87.2 Å². The Bertz CT molecular complexity index is 158. The molecule has 2 fully saturated rings. The van der Waals surface area contributed by atoms with E-state index in [0.717, 1.165) is 12.5 Å². The number of ether oxygens (including phenoxy) is 1. The molecule has 0 bridgehead atoms. The van der Waals surface area contributed by atoms with Crippen molar-refractivity contribution in [1.82, 2.24) is 0 Å². The van der Waals surface area contributed by atoms with Gasteiger partial charge in [0.05, 0.1) is 6.10 Å². The summed E-state index contributed by atoms with van der Waals surface area (Å²) in [5, 5.41) is 0. The van der Waals surface area contributed by atoms with Gasteiger partial charge in [-0.05, 0) is 57.3 Å². The molecule has 0 radical (unpaired) electrons. The molecule has 0 aromatic heterocycles. The Hall–Kier alpha value is -0.0800. The zero-order chi connectivity index (χ0) is 9.80. The molecule has 0 aromatic carbocycles. The molecule has 14 heavy (non-hydrogen) atoms. The molecule has 0 aromatic rings. The van der Waals surface area contributed by atoms with Crippen LogP contribution in [-0.4, -0.2) is 18.8 Å². The van der Waals surface area contributed by atoms with Gasteiger partial charge in [-0.2, -0.15) is 0 Å². The van der Waals surface area contributed by atoms with Crippen molar-refractivity contribution < 1.29 is 4.74 Å². The number of hydrogen-bond donors (Lipinski definition) is 1. The first-order valence-electron chi connectivity index (χ1n) is 6.22. The van der Waals surface area contributed by atoms with Crippen molar-refractivity contribution in [3.63, 3.8) is 0 Å². The van der Waals surface area contributed by atoms with Crippen molar-refractivity contribution >= 4 is 0 Å². The van der Waals surface area contributed by atoms with Crippen LogP contribution in [0, 0.1) is 5.92 Å². The topological polar surface area (TPSA) is 35.2 Å². The SMILES string of the molecule is NC1CCC(CCC2CCCO2)CC1. The van der Waals surface area contributed by atoms with Crippen LogP contribution in [0.15, 0.2) is 0 Å². The highest BCUT2D eigenvalue weighted by Crippen LogP contribution is 2.29. The molecule has 1 saturated heterocycles. The van der Waals surface area contributed by atoms with E-state index in [0.29, 0.717) is 12.1 Å². The maximum absolute atomic E-state index is 5.89. The smallest absolute Gasteiger partial charge is 0.0576 e. The summed E-state index contributed by atoms with van der Waals surface area (Å²) in [5.74, 6) is 0.944. The van der Waals surface area contributed by atoms with Crippen LogP contribution >= 0.6 is 0 Å². The largest absolute Gasteiger partial charge is 0.378 e. The van der Waals surface area contributed by atoms with Crippen LogP contribution in [0.25, 0.3) is 0 Å². The van der Waals surface area contributed by atoms with Gasteiger partial charge >= 0.3 is 0 Å². The second kappa shape index (κ2) is 5.13. The minimum Gasteiger partial charge on any atom is -0.378 e. The molecule has 1 aliphatic carbocycles. The average Bonchev–Trinajstić information content (AvgIpc) is 2.70. The van der Waals surface area contributed by atoms with Crippen molar-refractivity contribution in [3.05, 3.63) is 0 Å². The van der Waals surface area contributed by atoms with Crippen LogP contribution in [0.3, 0.4) is 0 Å². The lowest BCUT2D eigenvalue weighted by atomic mass is 9.83. The second-order valence-corrected chi connectivity index (χ2v) is 4.99. The van der Waals surface area contributed by atoms with Gasteiger partial charge in [0.2, 0.25) is 0 Å². The number of rotatable bonds is 3. The van der Waals surface area contributed by atoms with E-state index in [9.17, 15) is 0 Å². The minimum absolute atomic E-state index is 0.494. The van der Waals surface area contributed by atoms with E-state index in [4.69, 9.17) is 10.5 Å². The molecule has 2 rings (SSSR count). The first kappa shape index (κ1) is 10.4. The molecule has 2 N–H and O–H groups in total. The number of hydrogen-bond acceptors (Lipinski definition) is 2. The predicted octanol–water partition coefficient (Wildman–Crippen LogP) is 2.46. The van der Waals surface area contributed by atoms with E-state index in [-0.39, 0.29) is 0 Å². The third-order valence-corrected chi connectivity index (χ3v) is 3.81. The predicted molar refractivity (Wildman–Crippen MR) is 58.1 cm³/mol. The minimum atomic E-state index is 0.494. The summed E-state index contributed by atoms with van der Waals surface area (Å²) in [6.07, 6.45) is 11.0. The summed E-state index contributed by atoms with van der Waals surface area (Å²) in [6, 6.07) is 0.494. The van der Waals surface area contributed by atoms with E-state index in [1.807, 2.05) is 0 Å². The summed E-state index contributed by atoms with van der Waals surface area (Å²) < 4.78 is 5.64. The molecule has 0 amide bonds. The lowest BCUT2D eigenvalue weighted by Crippen LogP contribution is -2.26. The van der Waals surface area contributed by atoms with E-state index in [1.165, 1.54) is 51.4 Å². The fourth-order valence-electron chi connectivity index (χ4n) is 2.77. The van der Waals surface area contributed by atoms with Gasteiger partial charge in [-0.25, -0.2) is 0 Å². The quantitative estimate of drug-likeness (QED) is 0.754. The summed E-state index contributed by atoms with van der Waals surface area (Å²) in [6.45, 7) is 1.00. The van der Waals surface area contributed by atoms with Crippen molar-refractivity contribution in [2.75, 3.05) is 6.61 Å². The highest BCUT2D eigenvalue weighted by molar-refractivity contribution is 4.76. The molecule has 1 unspecified atom stereocenters. The third kappa shape index (κ3) is 2.96. The fraction of sp³-hybridized carbons (Fsp3) is 1.00. The summed E-state index contributed by atoms with van der Waals surface area (Å²) in [5.41, 5.74) is 5.89. The van der Waals surface area contributed by atoms with Crippen LogP contribution in [0.5, 0.6) is 0 Å². The Morgan fingerprint density at radius 2 is 1.79 bits per heavy atom. The molecule has 1 saturated carbocycles. The number of nitrogens with two attached hydrogens (primary N) is 1. The molecule has 82 valence electrons. The van der Waals surface area contributed by atoms with Crippen molar-refractivity contribution in [2.45, 2.75) is 63.5 Å². The summed E-state index contributed by atoms with van der Waals surface area (Å²) in [4.78, 5) is 0. The Morgan fingerprint density at radius 1 is 1.00 bits per heavy atom. The average molecular weight is 197 g/mol. The van der Waals surface area contributed by atoms with Gasteiger partial charge in [-0.3, -0.25) is 0 Å². The lowest BCUT2D eigenvalue weighted by Gasteiger charge is -2.26. The molecule has 0 spiro atoms. The molecular formula is C12H23NO. The van der Waals surface area contributed by atoms with Gasteiger partial charge in [0.15, 0.2) is 0 Å². The monoisotopic (exact) mass is 197 g/mol. The van der Waals surface area contributed by atoms with Gasteiger partial charge in [0, 0.05) is 12.6 Å². The summed E-state index contributed by atoms with van der Waals surface area (Å²) in [7, 11) is 0. The van der Waals surface area contributed by atoms with Crippen LogP contribution in [0.4, 0.5) is 0 Å². The lowest BCUT2D eigenvalue weighted by molar-refractivity contribution is 0.0954. The van der Waals surface area contributed by atoms with Gasteiger partial charge in [-0.15, -0.1) is 0 Å². The third-order valence-electron chi connectivity index (χ3n) is 3.81. The van der Waals surface area contributed by atoms with Gasteiger partial charge in [0.25, 0.3) is 0 Å². The van der Waals surface area contributed by atoms with Crippen LogP contribution in [0.2, 0.25) is 0 Å². The van der Waals surface area contributed by atoms with Crippen molar-refractivity contribution in [2.24, 2.45) is 11.7 Å².